The van der Waals surface area contributed by atoms with Crippen LogP contribution in [0, 0.1) is 11.8 Å². The van der Waals surface area contributed by atoms with Crippen molar-refractivity contribution in [2.75, 3.05) is 0 Å². The number of hydrogen-bond acceptors (Lipinski definition) is 5. The van der Waals surface area contributed by atoms with E-state index in [1.807, 2.05) is 5.32 Å². The van der Waals surface area contributed by atoms with Crippen molar-refractivity contribution in [2.24, 2.45) is 11.8 Å². The highest BCUT2D eigenvalue weighted by atomic mass is 32.2. The van der Waals surface area contributed by atoms with Gasteiger partial charge in [-0.3, -0.25) is 4.79 Å². The Bertz CT molecular complexity index is 443. The number of alkyl halides is 6. The van der Waals surface area contributed by atoms with E-state index in [1.54, 1.807) is 0 Å². The van der Waals surface area contributed by atoms with Crippen molar-refractivity contribution in [3.63, 3.8) is 0 Å². The Morgan fingerprint density at radius 2 is 1.70 bits per heavy atom. The van der Waals surface area contributed by atoms with Gasteiger partial charge in [-0.05, 0) is 31.1 Å². The lowest BCUT2D eigenvalue weighted by Gasteiger charge is -2.35. The number of nitrogens with one attached hydrogen (secondary N) is 1. The molecule has 0 aromatic rings. The van der Waals surface area contributed by atoms with Gasteiger partial charge in [-0.2, -0.15) is 26.3 Å². The standard InChI is InChI=1S/C11H13F6NO4S/c12-10(13,14)9(11(15,16)17,23-22-21-20)8(19)18-7-4-5-1-2-6(7)3-5/h5-7,20H,1-4H2,(H,18,19). The fraction of sp³-hybridized carbons (Fsp3) is 0.909. The number of amides is 1. The van der Waals surface area contributed by atoms with Crippen LogP contribution in [0.5, 0.6) is 0 Å². The molecule has 1 amide bonds. The Labute approximate surface area is 130 Å². The van der Waals surface area contributed by atoms with Crippen LogP contribution in [-0.2, 0) is 14.2 Å². The minimum atomic E-state index is -6.02. The van der Waals surface area contributed by atoms with Crippen molar-refractivity contribution < 1.29 is 45.8 Å². The fourth-order valence-corrected chi connectivity index (χ4v) is 3.76. The first-order chi connectivity index (χ1) is 10.5. The van der Waals surface area contributed by atoms with Crippen molar-refractivity contribution >= 4 is 17.9 Å². The molecule has 0 heterocycles. The van der Waals surface area contributed by atoms with Crippen LogP contribution in [0.3, 0.4) is 0 Å². The van der Waals surface area contributed by atoms with Crippen molar-refractivity contribution in [2.45, 2.75) is 48.8 Å². The van der Waals surface area contributed by atoms with Gasteiger partial charge >= 0.3 is 17.1 Å². The molecule has 2 aliphatic carbocycles. The molecule has 0 spiro atoms. The van der Waals surface area contributed by atoms with E-state index in [4.69, 9.17) is 5.26 Å². The second-order valence-electron chi connectivity index (χ2n) is 5.66. The molecule has 2 N–H and O–H groups in total. The maximum absolute atomic E-state index is 13.1. The zero-order valence-corrected chi connectivity index (χ0v) is 12.2. The van der Waals surface area contributed by atoms with Gasteiger partial charge in [0.2, 0.25) is 0 Å². The van der Waals surface area contributed by atoms with E-state index in [2.05, 4.69) is 9.37 Å². The van der Waals surface area contributed by atoms with E-state index in [0.29, 0.717) is 19.3 Å². The van der Waals surface area contributed by atoms with E-state index in [-0.39, 0.29) is 11.8 Å². The molecule has 0 aromatic heterocycles. The summed E-state index contributed by atoms with van der Waals surface area (Å²) in [5, 5.41) is 12.6. The molecule has 2 saturated carbocycles. The predicted octanol–water partition coefficient (Wildman–Crippen LogP) is 3.22. The van der Waals surface area contributed by atoms with Crippen molar-refractivity contribution in [1.82, 2.24) is 5.32 Å². The predicted molar refractivity (Wildman–Crippen MR) is 64.6 cm³/mol. The molecule has 23 heavy (non-hydrogen) atoms. The quantitative estimate of drug-likeness (QED) is 0.337. The molecular formula is C11H13F6NO4S. The molecule has 0 aromatic carbocycles. The highest BCUT2D eigenvalue weighted by molar-refractivity contribution is 7.97. The number of halogens is 6. The maximum Gasteiger partial charge on any atom is 0.423 e. The zero-order chi connectivity index (χ0) is 17.5. The Morgan fingerprint density at radius 1 is 1.09 bits per heavy atom. The third-order valence-electron chi connectivity index (χ3n) is 4.36. The summed E-state index contributed by atoms with van der Waals surface area (Å²) in [4.78, 5) is 11.9. The fourth-order valence-electron chi connectivity index (χ4n) is 3.31. The van der Waals surface area contributed by atoms with Gasteiger partial charge < -0.3 is 5.32 Å². The summed E-state index contributed by atoms with van der Waals surface area (Å²) in [6, 6.07) is -0.735. The summed E-state index contributed by atoms with van der Waals surface area (Å²) in [7, 11) is 0. The SMILES string of the molecule is O=C(NC1CC2CCC1C2)C(SOOO)(C(F)(F)F)C(F)(F)F. The van der Waals surface area contributed by atoms with Crippen LogP contribution in [0.25, 0.3) is 0 Å². The topological polar surface area (TPSA) is 67.8 Å². The number of fused-ring (bicyclic) bond motifs is 2. The molecule has 2 bridgehead atoms. The van der Waals surface area contributed by atoms with Gasteiger partial charge in [-0.1, -0.05) is 11.5 Å². The van der Waals surface area contributed by atoms with Crippen LogP contribution in [0.4, 0.5) is 26.3 Å². The van der Waals surface area contributed by atoms with Crippen molar-refractivity contribution in [3.05, 3.63) is 0 Å². The molecular weight excluding hydrogens is 356 g/mol. The lowest BCUT2D eigenvalue weighted by molar-refractivity contribution is -0.433. The van der Waals surface area contributed by atoms with E-state index in [1.165, 1.54) is 0 Å². The largest absolute Gasteiger partial charge is 0.423 e. The second-order valence-corrected chi connectivity index (χ2v) is 6.57. The average molecular weight is 369 g/mol. The number of carbonyl (C=O) groups excluding carboxylic acids is 1. The Kier molecular flexibility index (Phi) is 5.10. The third kappa shape index (κ3) is 3.26. The minimum absolute atomic E-state index is 0.122. The lowest BCUT2D eigenvalue weighted by Crippen LogP contribution is -2.65. The first kappa shape index (κ1) is 18.6. The van der Waals surface area contributed by atoms with Gasteiger partial charge in [-0.25, -0.2) is 5.26 Å². The number of carbonyl (C=O) groups is 1. The summed E-state index contributed by atoms with van der Waals surface area (Å²) in [5.41, 5.74) is 0. The van der Waals surface area contributed by atoms with Crippen LogP contribution in [0.15, 0.2) is 0 Å². The highest BCUT2D eigenvalue weighted by Crippen LogP contribution is 2.53. The minimum Gasteiger partial charge on any atom is -0.351 e. The average Bonchev–Trinajstić information content (AvgIpc) is 2.98. The molecule has 0 radical (unpaired) electrons. The van der Waals surface area contributed by atoms with Gasteiger partial charge in [0.05, 0.1) is 12.0 Å². The molecule has 3 atom stereocenters. The normalized spacial score (nSPS) is 28.2. The Morgan fingerprint density at radius 3 is 2.09 bits per heavy atom. The van der Waals surface area contributed by atoms with E-state index in [0.717, 1.165) is 6.42 Å². The van der Waals surface area contributed by atoms with Crippen LogP contribution in [-0.4, -0.2) is 34.3 Å². The molecule has 0 aliphatic heterocycles. The first-order valence-electron chi connectivity index (χ1n) is 6.63. The molecule has 5 nitrogen and oxygen atoms in total. The smallest absolute Gasteiger partial charge is 0.351 e. The monoisotopic (exact) mass is 369 g/mol. The molecule has 2 fully saturated rings. The molecule has 3 unspecified atom stereocenters. The first-order valence-corrected chi connectivity index (χ1v) is 7.37. The molecule has 2 rings (SSSR count). The zero-order valence-electron chi connectivity index (χ0n) is 11.4. The van der Waals surface area contributed by atoms with Crippen LogP contribution in [0.2, 0.25) is 0 Å². The van der Waals surface area contributed by atoms with Gasteiger partial charge in [0.15, 0.2) is 0 Å². The summed E-state index contributed by atoms with van der Waals surface area (Å²) in [5.74, 6) is -2.19. The van der Waals surface area contributed by atoms with Gasteiger partial charge in [0, 0.05) is 6.04 Å². The van der Waals surface area contributed by atoms with Crippen molar-refractivity contribution in [3.8, 4) is 0 Å². The van der Waals surface area contributed by atoms with Gasteiger partial charge in [0.1, 0.15) is 0 Å². The number of rotatable bonds is 5. The second kappa shape index (κ2) is 6.30. The summed E-state index contributed by atoms with van der Waals surface area (Å²) >= 11 is -1.34. The van der Waals surface area contributed by atoms with Crippen molar-refractivity contribution in [1.29, 1.82) is 0 Å². The van der Waals surface area contributed by atoms with Crippen LogP contribution >= 0.6 is 12.0 Å². The third-order valence-corrected chi connectivity index (χ3v) is 5.39. The number of hydrogen-bond donors (Lipinski definition) is 2. The van der Waals surface area contributed by atoms with Crippen LogP contribution < -0.4 is 5.32 Å². The van der Waals surface area contributed by atoms with E-state index in [9.17, 15) is 31.1 Å². The molecule has 2 aliphatic rings. The lowest BCUT2D eigenvalue weighted by atomic mass is 9.94. The summed E-state index contributed by atoms with van der Waals surface area (Å²) < 4.78 is 77.0. The van der Waals surface area contributed by atoms with E-state index >= 15 is 0 Å². The maximum atomic E-state index is 13.1. The van der Waals surface area contributed by atoms with Gasteiger partial charge in [0.25, 0.3) is 5.91 Å². The summed E-state index contributed by atoms with van der Waals surface area (Å²) in [6.07, 6.45) is -9.49. The van der Waals surface area contributed by atoms with Gasteiger partial charge in [-0.15, -0.1) is 4.33 Å². The highest BCUT2D eigenvalue weighted by Gasteiger charge is 2.78. The summed E-state index contributed by atoms with van der Waals surface area (Å²) in [6.45, 7) is 0. The Hall–Kier alpha value is -0.720. The van der Waals surface area contributed by atoms with E-state index < -0.39 is 41.1 Å². The molecule has 0 saturated heterocycles. The van der Waals surface area contributed by atoms with Crippen LogP contribution in [0.1, 0.15) is 25.7 Å². The Balaban J connectivity index is 2.26. The molecule has 134 valence electrons. The molecule has 12 heteroatoms.